The lowest BCUT2D eigenvalue weighted by Gasteiger charge is -2.30. The highest BCUT2D eigenvalue weighted by Crippen LogP contribution is 2.26. The predicted molar refractivity (Wildman–Crippen MR) is 73.2 cm³/mol. The number of carbonyl (C=O) groups is 1. The van der Waals surface area contributed by atoms with Crippen LogP contribution >= 0.6 is 0 Å². The van der Waals surface area contributed by atoms with E-state index in [0.29, 0.717) is 23.6 Å². The van der Waals surface area contributed by atoms with Crippen LogP contribution in [-0.4, -0.2) is 57.6 Å². The molecule has 0 saturated carbocycles. The molecule has 0 amide bonds. The van der Waals surface area contributed by atoms with Gasteiger partial charge in [0.15, 0.2) is 5.78 Å². The van der Waals surface area contributed by atoms with Crippen LogP contribution < -0.4 is 14.8 Å². The molecule has 1 unspecified atom stereocenters. The number of likely N-dealkylation sites (N-methyl/N-ethyl adjacent to an activating group) is 1. The van der Waals surface area contributed by atoms with Crippen molar-refractivity contribution in [3.63, 3.8) is 0 Å². The Morgan fingerprint density at radius 1 is 1.37 bits per heavy atom. The zero-order valence-corrected chi connectivity index (χ0v) is 11.6. The molecule has 1 N–H and O–H groups in total. The van der Waals surface area contributed by atoms with Crippen molar-refractivity contribution in [2.24, 2.45) is 0 Å². The molecule has 1 aliphatic heterocycles. The zero-order chi connectivity index (χ0) is 13.8. The van der Waals surface area contributed by atoms with E-state index in [1.165, 1.54) is 0 Å². The van der Waals surface area contributed by atoms with Gasteiger partial charge in [0.2, 0.25) is 0 Å². The van der Waals surface area contributed by atoms with Crippen molar-refractivity contribution in [1.29, 1.82) is 0 Å². The van der Waals surface area contributed by atoms with Crippen molar-refractivity contribution >= 4 is 5.78 Å². The van der Waals surface area contributed by atoms with Gasteiger partial charge >= 0.3 is 0 Å². The van der Waals surface area contributed by atoms with E-state index in [1.807, 2.05) is 7.05 Å². The number of nitrogens with one attached hydrogen (secondary N) is 1. The number of rotatable bonds is 4. The SMILES string of the molecule is COc1ccc(C(=O)C2CN(C)CCN2)c(OC)c1. The fourth-order valence-corrected chi connectivity index (χ4v) is 2.26. The molecule has 1 saturated heterocycles. The molecule has 1 aliphatic rings. The number of carbonyl (C=O) groups excluding carboxylic acids is 1. The highest BCUT2D eigenvalue weighted by Gasteiger charge is 2.26. The summed E-state index contributed by atoms with van der Waals surface area (Å²) in [5.41, 5.74) is 0.594. The molecule has 1 aromatic carbocycles. The quantitative estimate of drug-likeness (QED) is 0.815. The second-order valence-corrected chi connectivity index (χ2v) is 4.70. The van der Waals surface area contributed by atoms with E-state index >= 15 is 0 Å². The maximum Gasteiger partial charge on any atom is 0.184 e. The fraction of sp³-hybridized carbons (Fsp3) is 0.500. The van der Waals surface area contributed by atoms with Crippen LogP contribution in [-0.2, 0) is 0 Å². The van der Waals surface area contributed by atoms with Crippen molar-refractivity contribution in [3.05, 3.63) is 23.8 Å². The van der Waals surface area contributed by atoms with Gasteiger partial charge in [-0.05, 0) is 19.2 Å². The summed E-state index contributed by atoms with van der Waals surface area (Å²) in [5, 5.41) is 3.25. The second-order valence-electron chi connectivity index (χ2n) is 4.70. The largest absolute Gasteiger partial charge is 0.497 e. The van der Waals surface area contributed by atoms with E-state index in [9.17, 15) is 4.79 Å². The molecule has 19 heavy (non-hydrogen) atoms. The summed E-state index contributed by atoms with van der Waals surface area (Å²) >= 11 is 0. The van der Waals surface area contributed by atoms with Gasteiger partial charge in [-0.3, -0.25) is 4.79 Å². The Morgan fingerprint density at radius 2 is 2.16 bits per heavy atom. The van der Waals surface area contributed by atoms with Gasteiger partial charge in [-0.2, -0.15) is 0 Å². The van der Waals surface area contributed by atoms with E-state index in [2.05, 4.69) is 10.2 Å². The van der Waals surface area contributed by atoms with Crippen LogP contribution in [0.2, 0.25) is 0 Å². The maximum absolute atomic E-state index is 12.5. The van der Waals surface area contributed by atoms with Gasteiger partial charge in [-0.1, -0.05) is 0 Å². The van der Waals surface area contributed by atoms with Crippen LogP contribution in [0.5, 0.6) is 11.5 Å². The van der Waals surface area contributed by atoms with E-state index in [-0.39, 0.29) is 11.8 Å². The van der Waals surface area contributed by atoms with Crippen LogP contribution in [0.15, 0.2) is 18.2 Å². The number of ketones is 1. The van der Waals surface area contributed by atoms with Crippen LogP contribution in [0, 0.1) is 0 Å². The second kappa shape index (κ2) is 6.04. The van der Waals surface area contributed by atoms with Crippen LogP contribution in [0.4, 0.5) is 0 Å². The minimum absolute atomic E-state index is 0.0612. The number of benzene rings is 1. The molecule has 0 bridgehead atoms. The molecule has 5 heteroatoms. The molecule has 1 heterocycles. The Morgan fingerprint density at radius 3 is 2.79 bits per heavy atom. The lowest BCUT2D eigenvalue weighted by Crippen LogP contribution is -2.52. The molecule has 1 aromatic rings. The molecule has 0 aliphatic carbocycles. The van der Waals surface area contributed by atoms with Gasteiger partial charge in [-0.15, -0.1) is 0 Å². The van der Waals surface area contributed by atoms with Gasteiger partial charge in [0.25, 0.3) is 0 Å². The van der Waals surface area contributed by atoms with Crippen molar-refractivity contribution in [2.45, 2.75) is 6.04 Å². The monoisotopic (exact) mass is 264 g/mol. The van der Waals surface area contributed by atoms with Crippen molar-refractivity contribution < 1.29 is 14.3 Å². The Labute approximate surface area is 113 Å². The Balaban J connectivity index is 2.22. The number of ether oxygens (including phenoxy) is 2. The highest BCUT2D eigenvalue weighted by molar-refractivity contribution is 6.02. The third-order valence-corrected chi connectivity index (χ3v) is 3.37. The Hall–Kier alpha value is -1.59. The van der Waals surface area contributed by atoms with Crippen molar-refractivity contribution in [3.8, 4) is 11.5 Å². The van der Waals surface area contributed by atoms with E-state index in [1.54, 1.807) is 32.4 Å². The van der Waals surface area contributed by atoms with E-state index < -0.39 is 0 Å². The molecular formula is C14H20N2O3. The van der Waals surface area contributed by atoms with E-state index in [4.69, 9.17) is 9.47 Å². The molecule has 0 radical (unpaired) electrons. The smallest absolute Gasteiger partial charge is 0.184 e. The third kappa shape index (κ3) is 3.05. The van der Waals surface area contributed by atoms with Crippen LogP contribution in [0.25, 0.3) is 0 Å². The minimum Gasteiger partial charge on any atom is -0.497 e. The van der Waals surface area contributed by atoms with Gasteiger partial charge in [0, 0.05) is 25.7 Å². The molecule has 5 nitrogen and oxygen atoms in total. The number of Topliss-reactive ketones (excluding diaryl/α,β-unsaturated/α-hetero) is 1. The molecule has 0 spiro atoms. The number of methoxy groups -OCH3 is 2. The summed E-state index contributed by atoms with van der Waals surface area (Å²) in [5.74, 6) is 1.30. The predicted octanol–water partition coefficient (Wildman–Crippen LogP) is 0.790. The Kier molecular flexibility index (Phi) is 4.39. The lowest BCUT2D eigenvalue weighted by molar-refractivity contribution is 0.0891. The standard InChI is InChI=1S/C14H20N2O3/c1-16-7-6-15-12(9-16)14(17)11-5-4-10(18-2)8-13(11)19-3/h4-5,8,12,15H,6-7,9H2,1-3H3. The van der Waals surface area contributed by atoms with Crippen molar-refractivity contribution in [2.75, 3.05) is 40.9 Å². The molecule has 2 rings (SSSR count). The first kappa shape index (κ1) is 13.8. The first-order valence-corrected chi connectivity index (χ1v) is 6.34. The highest BCUT2D eigenvalue weighted by atomic mass is 16.5. The Bertz CT molecular complexity index is 462. The summed E-state index contributed by atoms with van der Waals surface area (Å²) in [6.45, 7) is 2.50. The molecule has 0 aromatic heterocycles. The van der Waals surface area contributed by atoms with Crippen LogP contribution in [0.1, 0.15) is 10.4 Å². The zero-order valence-electron chi connectivity index (χ0n) is 11.6. The maximum atomic E-state index is 12.5. The average molecular weight is 264 g/mol. The minimum atomic E-state index is -0.180. The summed E-state index contributed by atoms with van der Waals surface area (Å²) in [4.78, 5) is 14.7. The molecule has 1 fully saturated rings. The molecular weight excluding hydrogens is 244 g/mol. The van der Waals surface area contributed by atoms with Gasteiger partial charge in [0.05, 0.1) is 25.8 Å². The number of piperazine rings is 1. The van der Waals surface area contributed by atoms with E-state index in [0.717, 1.165) is 13.1 Å². The number of hydrogen-bond donors (Lipinski definition) is 1. The fourth-order valence-electron chi connectivity index (χ4n) is 2.26. The van der Waals surface area contributed by atoms with Gasteiger partial charge in [-0.25, -0.2) is 0 Å². The topological polar surface area (TPSA) is 50.8 Å². The van der Waals surface area contributed by atoms with Gasteiger partial charge in [0.1, 0.15) is 11.5 Å². The number of hydrogen-bond acceptors (Lipinski definition) is 5. The van der Waals surface area contributed by atoms with Gasteiger partial charge < -0.3 is 19.7 Å². The summed E-state index contributed by atoms with van der Waals surface area (Å²) in [6.07, 6.45) is 0. The first-order chi connectivity index (χ1) is 9.15. The van der Waals surface area contributed by atoms with Crippen LogP contribution in [0.3, 0.4) is 0 Å². The summed E-state index contributed by atoms with van der Waals surface area (Å²) in [7, 11) is 5.17. The molecule has 1 atom stereocenters. The third-order valence-electron chi connectivity index (χ3n) is 3.37. The average Bonchev–Trinajstić information content (AvgIpc) is 2.45. The number of nitrogens with zero attached hydrogens (tertiary/aromatic N) is 1. The summed E-state index contributed by atoms with van der Waals surface area (Å²) < 4.78 is 10.4. The van der Waals surface area contributed by atoms with Crippen molar-refractivity contribution in [1.82, 2.24) is 10.2 Å². The summed E-state index contributed by atoms with van der Waals surface area (Å²) in [6, 6.07) is 5.10. The normalized spacial score (nSPS) is 20.1. The first-order valence-electron chi connectivity index (χ1n) is 6.34. The molecule has 104 valence electrons. The lowest BCUT2D eigenvalue weighted by atomic mass is 10.0.